The molecule has 0 aliphatic rings. The van der Waals surface area contributed by atoms with Crippen LogP contribution in [0.4, 0.5) is 10.1 Å². The van der Waals surface area contributed by atoms with Crippen LogP contribution < -0.4 is 5.32 Å². The summed E-state index contributed by atoms with van der Waals surface area (Å²) in [5, 5.41) is 6.96. The first kappa shape index (κ1) is 21.4. The second-order valence-electron chi connectivity index (χ2n) is 7.78. The van der Waals surface area contributed by atoms with Gasteiger partial charge in [-0.3, -0.25) is 4.79 Å². The molecular weight excluding hydrogens is 411 g/mol. The van der Waals surface area contributed by atoms with Gasteiger partial charge in [-0.1, -0.05) is 31.1 Å². The number of rotatable bonds is 7. The fourth-order valence-electron chi connectivity index (χ4n) is 3.19. The molecule has 7 nitrogen and oxygen atoms in total. The lowest BCUT2D eigenvalue weighted by atomic mass is 10.1. The van der Waals surface area contributed by atoms with E-state index in [2.05, 4.69) is 20.4 Å². The van der Waals surface area contributed by atoms with Crippen molar-refractivity contribution in [2.75, 3.05) is 5.32 Å². The molecule has 0 fully saturated rings. The Hall–Kier alpha value is -3.81. The number of amides is 1. The first-order chi connectivity index (χ1) is 15.4. The number of carbonyl (C=O) groups is 1. The molecule has 1 N–H and O–H groups in total. The molecule has 4 rings (SSSR count). The number of carbonyl (C=O) groups excluding carboxylic acids is 1. The highest BCUT2D eigenvalue weighted by Crippen LogP contribution is 2.31. The Bertz CT molecular complexity index is 1230. The number of halogens is 1. The Morgan fingerprint density at radius 1 is 1.16 bits per heavy atom. The summed E-state index contributed by atoms with van der Waals surface area (Å²) in [6, 6.07) is 11.6. The van der Waals surface area contributed by atoms with Crippen molar-refractivity contribution in [3.05, 3.63) is 71.8 Å². The zero-order valence-electron chi connectivity index (χ0n) is 18.1. The highest BCUT2D eigenvalue weighted by Gasteiger charge is 2.18. The largest absolute Gasteiger partial charge is 0.441 e. The normalized spacial score (nSPS) is 11.2. The Balaban J connectivity index is 1.44. The Kier molecular flexibility index (Phi) is 6.11. The lowest BCUT2D eigenvalue weighted by molar-refractivity contribution is -0.116. The third-order valence-electron chi connectivity index (χ3n) is 4.97. The maximum atomic E-state index is 13.1. The number of benzene rings is 2. The van der Waals surface area contributed by atoms with Crippen LogP contribution in [0, 0.1) is 12.7 Å². The molecular formula is C24H23FN4O3. The lowest BCUT2D eigenvalue weighted by Crippen LogP contribution is -2.14. The minimum absolute atomic E-state index is 0.135. The quantitative estimate of drug-likeness (QED) is 0.411. The molecule has 2 aromatic heterocycles. The van der Waals surface area contributed by atoms with Crippen LogP contribution in [0.2, 0.25) is 0 Å². The molecule has 32 heavy (non-hydrogen) atoms. The first-order valence-electron chi connectivity index (χ1n) is 10.3. The standard InChI is InChI=1S/C24H23FN4O3/c1-14(2)23-28-24(32-29-23)18-6-4-5-15(3)22(18)27-20(30)11-12-21-26-13-19(31-21)16-7-9-17(25)10-8-16/h4-10,13-14H,11-12H2,1-3H3,(H,27,30). The maximum absolute atomic E-state index is 13.1. The van der Waals surface area contributed by atoms with E-state index >= 15 is 0 Å². The van der Waals surface area contributed by atoms with E-state index in [0.29, 0.717) is 41.0 Å². The van der Waals surface area contributed by atoms with Gasteiger partial charge in [0.25, 0.3) is 5.89 Å². The molecule has 1 amide bonds. The van der Waals surface area contributed by atoms with Gasteiger partial charge in [0.05, 0.1) is 17.4 Å². The fourth-order valence-corrected chi connectivity index (χ4v) is 3.19. The maximum Gasteiger partial charge on any atom is 0.260 e. The molecule has 8 heteroatoms. The van der Waals surface area contributed by atoms with E-state index in [-0.39, 0.29) is 24.1 Å². The smallest absolute Gasteiger partial charge is 0.260 e. The van der Waals surface area contributed by atoms with Gasteiger partial charge in [-0.05, 0) is 42.8 Å². The van der Waals surface area contributed by atoms with Crippen LogP contribution in [0.5, 0.6) is 0 Å². The minimum atomic E-state index is -0.318. The molecule has 0 atom stereocenters. The molecule has 2 aromatic carbocycles. The number of anilines is 1. The number of aryl methyl sites for hydroxylation is 2. The van der Waals surface area contributed by atoms with Crippen molar-refractivity contribution in [1.29, 1.82) is 0 Å². The third-order valence-corrected chi connectivity index (χ3v) is 4.97. The van der Waals surface area contributed by atoms with Gasteiger partial charge in [0.2, 0.25) is 5.91 Å². The fraction of sp³-hybridized carbons (Fsp3) is 0.250. The Morgan fingerprint density at radius 3 is 2.66 bits per heavy atom. The zero-order valence-corrected chi connectivity index (χ0v) is 18.1. The molecule has 0 saturated carbocycles. The van der Waals surface area contributed by atoms with Gasteiger partial charge < -0.3 is 14.3 Å². The van der Waals surface area contributed by atoms with Gasteiger partial charge >= 0.3 is 0 Å². The van der Waals surface area contributed by atoms with Crippen LogP contribution in [-0.4, -0.2) is 21.0 Å². The van der Waals surface area contributed by atoms with E-state index in [4.69, 9.17) is 8.94 Å². The number of para-hydroxylation sites is 1. The predicted molar refractivity (Wildman–Crippen MR) is 117 cm³/mol. The van der Waals surface area contributed by atoms with Gasteiger partial charge in [0.15, 0.2) is 17.5 Å². The average molecular weight is 434 g/mol. The van der Waals surface area contributed by atoms with E-state index < -0.39 is 0 Å². The van der Waals surface area contributed by atoms with E-state index in [0.717, 1.165) is 11.1 Å². The van der Waals surface area contributed by atoms with Crippen LogP contribution >= 0.6 is 0 Å². The zero-order chi connectivity index (χ0) is 22.7. The number of nitrogens with zero attached hydrogens (tertiary/aromatic N) is 3. The highest BCUT2D eigenvalue weighted by molar-refractivity contribution is 5.95. The van der Waals surface area contributed by atoms with Crippen molar-refractivity contribution in [2.24, 2.45) is 0 Å². The van der Waals surface area contributed by atoms with Gasteiger partial charge in [-0.2, -0.15) is 4.98 Å². The molecule has 0 unspecified atom stereocenters. The van der Waals surface area contributed by atoms with Crippen molar-refractivity contribution in [1.82, 2.24) is 15.1 Å². The molecule has 0 bridgehead atoms. The van der Waals surface area contributed by atoms with E-state index in [9.17, 15) is 9.18 Å². The van der Waals surface area contributed by atoms with Crippen LogP contribution in [0.3, 0.4) is 0 Å². The minimum Gasteiger partial charge on any atom is -0.441 e. The summed E-state index contributed by atoms with van der Waals surface area (Å²) in [6.07, 6.45) is 2.08. The summed E-state index contributed by atoms with van der Waals surface area (Å²) in [7, 11) is 0. The summed E-state index contributed by atoms with van der Waals surface area (Å²) >= 11 is 0. The van der Waals surface area contributed by atoms with Crippen molar-refractivity contribution in [3.8, 4) is 22.8 Å². The molecule has 164 valence electrons. The first-order valence-corrected chi connectivity index (χ1v) is 10.3. The van der Waals surface area contributed by atoms with Gasteiger partial charge in [0.1, 0.15) is 5.82 Å². The van der Waals surface area contributed by atoms with Gasteiger partial charge in [0, 0.05) is 24.3 Å². The highest BCUT2D eigenvalue weighted by atomic mass is 19.1. The Morgan fingerprint density at radius 2 is 1.94 bits per heavy atom. The molecule has 0 aliphatic heterocycles. The summed E-state index contributed by atoms with van der Waals surface area (Å²) < 4.78 is 24.2. The molecule has 2 heterocycles. The van der Waals surface area contributed by atoms with Crippen molar-refractivity contribution in [2.45, 2.75) is 39.5 Å². The number of aromatic nitrogens is 3. The van der Waals surface area contributed by atoms with Crippen molar-refractivity contribution in [3.63, 3.8) is 0 Å². The SMILES string of the molecule is Cc1cccc(-c2nc(C(C)C)no2)c1NC(=O)CCc1ncc(-c2ccc(F)cc2)o1. The predicted octanol–water partition coefficient (Wildman–Crippen LogP) is 5.53. The monoisotopic (exact) mass is 434 g/mol. The van der Waals surface area contributed by atoms with E-state index in [1.165, 1.54) is 12.1 Å². The van der Waals surface area contributed by atoms with E-state index in [1.54, 1.807) is 18.3 Å². The molecule has 0 radical (unpaired) electrons. The van der Waals surface area contributed by atoms with Crippen LogP contribution in [0.1, 0.15) is 43.5 Å². The van der Waals surface area contributed by atoms with Crippen molar-refractivity contribution >= 4 is 11.6 Å². The Labute approximate surface area is 184 Å². The molecule has 0 spiro atoms. The van der Waals surface area contributed by atoms with Gasteiger partial charge in [-0.15, -0.1) is 0 Å². The van der Waals surface area contributed by atoms with Crippen molar-refractivity contribution < 1.29 is 18.1 Å². The van der Waals surface area contributed by atoms with Crippen LogP contribution in [-0.2, 0) is 11.2 Å². The van der Waals surface area contributed by atoms with Crippen LogP contribution in [0.15, 0.2) is 57.6 Å². The summed E-state index contributed by atoms with van der Waals surface area (Å²) in [4.78, 5) is 21.3. The molecule has 0 saturated heterocycles. The summed E-state index contributed by atoms with van der Waals surface area (Å²) in [6.45, 7) is 5.87. The summed E-state index contributed by atoms with van der Waals surface area (Å²) in [5.41, 5.74) is 2.91. The number of nitrogens with one attached hydrogen (secondary N) is 1. The van der Waals surface area contributed by atoms with Gasteiger partial charge in [-0.25, -0.2) is 9.37 Å². The summed E-state index contributed by atoms with van der Waals surface area (Å²) in [5.74, 6) is 1.56. The molecule has 4 aromatic rings. The number of hydrogen-bond donors (Lipinski definition) is 1. The van der Waals surface area contributed by atoms with Crippen LogP contribution in [0.25, 0.3) is 22.8 Å². The molecule has 0 aliphatic carbocycles. The van der Waals surface area contributed by atoms with E-state index in [1.807, 2.05) is 39.0 Å². The second-order valence-corrected chi connectivity index (χ2v) is 7.78. The second kappa shape index (κ2) is 9.13. The lowest BCUT2D eigenvalue weighted by Gasteiger charge is -2.11. The third kappa shape index (κ3) is 4.74. The number of oxazole rings is 1. The average Bonchev–Trinajstić information content (AvgIpc) is 3.44. The topological polar surface area (TPSA) is 94.1 Å². The number of hydrogen-bond acceptors (Lipinski definition) is 6.